The first kappa shape index (κ1) is 33.0. The number of halogens is 2. The predicted octanol–water partition coefficient (Wildman–Crippen LogP) is 7.49. The van der Waals surface area contributed by atoms with Gasteiger partial charge in [-0.25, -0.2) is 9.59 Å². The quantitative estimate of drug-likeness (QED) is 0.139. The summed E-state index contributed by atoms with van der Waals surface area (Å²) in [6.07, 6.45) is 5.13. The highest BCUT2D eigenvalue weighted by atomic mass is 35.5. The Labute approximate surface area is 267 Å². The summed E-state index contributed by atoms with van der Waals surface area (Å²) in [5.41, 5.74) is 3.46. The van der Waals surface area contributed by atoms with E-state index >= 15 is 0 Å². The number of H-pyrrole nitrogens is 1. The van der Waals surface area contributed by atoms with Gasteiger partial charge in [0, 0.05) is 46.2 Å². The summed E-state index contributed by atoms with van der Waals surface area (Å²) in [6, 6.07) is 11.7. The molecule has 3 N–H and O–H groups in total. The maximum absolute atomic E-state index is 13.5. The number of carbonyl (C=O) groups excluding carboxylic acids is 2. The number of hydrogen-bond donors (Lipinski definition) is 3. The van der Waals surface area contributed by atoms with Crippen LogP contribution in [0.15, 0.2) is 78.6 Å². The molecule has 1 aliphatic heterocycles. The molecule has 0 saturated carbocycles. The van der Waals surface area contributed by atoms with Crippen molar-refractivity contribution in [3.63, 3.8) is 0 Å². The summed E-state index contributed by atoms with van der Waals surface area (Å²) in [6.45, 7) is 9.07. The maximum Gasteiger partial charge on any atom is 0.416 e. The molecule has 1 aromatic heterocycles. The van der Waals surface area contributed by atoms with Crippen LogP contribution >= 0.6 is 23.2 Å². The van der Waals surface area contributed by atoms with Gasteiger partial charge in [-0.2, -0.15) is 0 Å². The van der Waals surface area contributed by atoms with E-state index in [1.54, 1.807) is 47.4 Å². The lowest BCUT2D eigenvalue weighted by atomic mass is 9.93. The van der Waals surface area contributed by atoms with E-state index in [-0.39, 0.29) is 13.2 Å². The van der Waals surface area contributed by atoms with Crippen molar-refractivity contribution in [2.24, 2.45) is 0 Å². The lowest BCUT2D eigenvalue weighted by Gasteiger charge is -2.35. The van der Waals surface area contributed by atoms with Crippen LogP contribution in [0.2, 0.25) is 10.0 Å². The summed E-state index contributed by atoms with van der Waals surface area (Å²) >= 11 is 12.3. The largest absolute Gasteiger partial charge is 0.494 e. The summed E-state index contributed by atoms with van der Waals surface area (Å²) in [5, 5.41) is 14.9. The van der Waals surface area contributed by atoms with E-state index in [2.05, 4.69) is 16.9 Å². The van der Waals surface area contributed by atoms with Crippen molar-refractivity contribution >= 4 is 46.3 Å². The number of aliphatic hydroxyl groups excluding tert-OH is 1. The average Bonchev–Trinajstić information content (AvgIpc) is 3.38. The maximum atomic E-state index is 13.5. The van der Waals surface area contributed by atoms with Crippen LogP contribution in [0.5, 0.6) is 5.75 Å². The zero-order valence-electron chi connectivity index (χ0n) is 24.8. The SMILES string of the molecule is C=C(/C=C\C(=C/C)OCCC(O)CNC(=O)OCCC)[C@H]1c2[nH]c3ccc(Cl)cc3c2CCN1C(=O)Oc1ccc(Cl)cc1. The van der Waals surface area contributed by atoms with Gasteiger partial charge in [-0.15, -0.1) is 0 Å². The third-order valence-electron chi connectivity index (χ3n) is 7.08. The number of benzene rings is 2. The number of aromatic amines is 1. The van der Waals surface area contributed by atoms with Crippen LogP contribution in [0.4, 0.5) is 9.59 Å². The first-order chi connectivity index (χ1) is 21.2. The molecule has 2 amide bonds. The van der Waals surface area contributed by atoms with Crippen molar-refractivity contribution in [2.45, 2.75) is 45.3 Å². The van der Waals surface area contributed by atoms with Gasteiger partial charge in [-0.3, -0.25) is 4.90 Å². The molecule has 1 unspecified atom stereocenters. The highest BCUT2D eigenvalue weighted by molar-refractivity contribution is 6.31. The van der Waals surface area contributed by atoms with Gasteiger partial charge in [0.2, 0.25) is 0 Å². The first-order valence-corrected chi connectivity index (χ1v) is 15.2. The molecular formula is C33H37Cl2N3O6. The van der Waals surface area contributed by atoms with Gasteiger partial charge in [0.15, 0.2) is 0 Å². The smallest absolute Gasteiger partial charge is 0.416 e. The Bertz CT molecular complexity index is 1530. The van der Waals surface area contributed by atoms with Gasteiger partial charge in [-0.05, 0) is 85.5 Å². The number of allylic oxidation sites excluding steroid dienone is 2. The van der Waals surface area contributed by atoms with Crippen molar-refractivity contribution in [3.05, 3.63) is 99.9 Å². The fourth-order valence-electron chi connectivity index (χ4n) is 4.87. The van der Waals surface area contributed by atoms with Gasteiger partial charge < -0.3 is 29.6 Å². The van der Waals surface area contributed by atoms with Crippen molar-refractivity contribution in [1.29, 1.82) is 0 Å². The molecule has 44 heavy (non-hydrogen) atoms. The van der Waals surface area contributed by atoms with Crippen molar-refractivity contribution < 1.29 is 28.9 Å². The highest BCUT2D eigenvalue weighted by Gasteiger charge is 2.35. The van der Waals surface area contributed by atoms with E-state index < -0.39 is 24.3 Å². The Morgan fingerprint density at radius 1 is 1.14 bits per heavy atom. The Kier molecular flexibility index (Phi) is 11.8. The van der Waals surface area contributed by atoms with Crippen LogP contribution < -0.4 is 10.1 Å². The number of hydrogen-bond acceptors (Lipinski definition) is 6. The number of amides is 2. The molecule has 1 aliphatic rings. The molecule has 3 aromatic rings. The normalized spacial score (nSPS) is 15.6. The fourth-order valence-corrected chi connectivity index (χ4v) is 5.17. The zero-order chi connectivity index (χ0) is 31.6. The van der Waals surface area contributed by atoms with Crippen LogP contribution in [-0.2, 0) is 15.9 Å². The average molecular weight is 643 g/mol. The molecule has 2 atom stereocenters. The zero-order valence-corrected chi connectivity index (χ0v) is 26.3. The summed E-state index contributed by atoms with van der Waals surface area (Å²) < 4.78 is 16.5. The lowest BCUT2D eigenvalue weighted by Crippen LogP contribution is -2.42. The number of nitrogens with one attached hydrogen (secondary N) is 2. The van der Waals surface area contributed by atoms with Crippen LogP contribution in [0.25, 0.3) is 10.9 Å². The van der Waals surface area contributed by atoms with Crippen molar-refractivity contribution in [2.75, 3.05) is 26.3 Å². The molecule has 11 heteroatoms. The number of aromatic nitrogens is 1. The molecule has 9 nitrogen and oxygen atoms in total. The minimum Gasteiger partial charge on any atom is -0.494 e. The molecule has 0 spiro atoms. The van der Waals surface area contributed by atoms with E-state index in [0.29, 0.717) is 53.1 Å². The Hall–Kier alpha value is -3.92. The predicted molar refractivity (Wildman–Crippen MR) is 172 cm³/mol. The third-order valence-corrected chi connectivity index (χ3v) is 7.57. The summed E-state index contributed by atoms with van der Waals surface area (Å²) in [7, 11) is 0. The number of ether oxygens (including phenoxy) is 3. The molecule has 234 valence electrons. The number of nitrogens with zero attached hydrogens (tertiary/aromatic N) is 1. The molecule has 2 heterocycles. The fraction of sp³-hybridized carbons (Fsp3) is 0.333. The molecule has 4 rings (SSSR count). The van der Waals surface area contributed by atoms with Crippen LogP contribution in [-0.4, -0.2) is 59.6 Å². The minimum absolute atomic E-state index is 0.0609. The summed E-state index contributed by atoms with van der Waals surface area (Å²) in [5.74, 6) is 0.941. The summed E-state index contributed by atoms with van der Waals surface area (Å²) in [4.78, 5) is 30.2. The van der Waals surface area contributed by atoms with Gasteiger partial charge in [0.25, 0.3) is 0 Å². The lowest BCUT2D eigenvalue weighted by molar-refractivity contribution is 0.107. The van der Waals surface area contributed by atoms with Crippen LogP contribution in [0.1, 0.15) is 44.0 Å². The van der Waals surface area contributed by atoms with Gasteiger partial charge in [0.05, 0.1) is 19.3 Å². The highest BCUT2D eigenvalue weighted by Crippen LogP contribution is 2.39. The number of fused-ring (bicyclic) bond motifs is 3. The Balaban J connectivity index is 1.46. The molecule has 0 fully saturated rings. The molecule has 0 aliphatic carbocycles. The van der Waals surface area contributed by atoms with E-state index in [1.165, 1.54) is 0 Å². The molecule has 0 bridgehead atoms. The van der Waals surface area contributed by atoms with E-state index in [4.69, 9.17) is 37.4 Å². The second-order valence-electron chi connectivity index (χ2n) is 10.3. The first-order valence-electron chi connectivity index (χ1n) is 14.5. The molecular weight excluding hydrogens is 605 g/mol. The van der Waals surface area contributed by atoms with E-state index in [9.17, 15) is 14.7 Å². The monoisotopic (exact) mass is 641 g/mol. The minimum atomic E-state index is -0.794. The number of aliphatic hydroxyl groups is 1. The van der Waals surface area contributed by atoms with Gasteiger partial charge in [-0.1, -0.05) is 42.8 Å². The van der Waals surface area contributed by atoms with E-state index in [1.807, 2.05) is 32.0 Å². The third kappa shape index (κ3) is 8.59. The van der Waals surface area contributed by atoms with Crippen molar-refractivity contribution in [1.82, 2.24) is 15.2 Å². The van der Waals surface area contributed by atoms with Gasteiger partial charge >= 0.3 is 12.2 Å². The molecule has 2 aromatic carbocycles. The van der Waals surface area contributed by atoms with Gasteiger partial charge in [0.1, 0.15) is 17.6 Å². The Morgan fingerprint density at radius 3 is 2.61 bits per heavy atom. The number of alkyl carbamates (subject to hydrolysis) is 1. The second-order valence-corrected chi connectivity index (χ2v) is 11.2. The van der Waals surface area contributed by atoms with Crippen LogP contribution in [0.3, 0.4) is 0 Å². The molecule has 0 saturated heterocycles. The molecule has 0 radical (unpaired) electrons. The second kappa shape index (κ2) is 15.7. The number of carbonyl (C=O) groups is 2. The standard InChI is InChI=1S/C33H37Cl2N3O6/c1-4-17-43-32(40)36-20-24(39)15-18-42-25(5-2)10-6-21(3)31-30-27(28-19-23(35)9-13-29(28)37-30)14-16-38(31)33(41)44-26-11-7-22(34)8-12-26/h5-13,19,24,31,37,39H,3-4,14-18,20H2,1-2H3,(H,36,40)/b10-6-,25-5+/t24?,31-/m0/s1. The number of rotatable bonds is 12. The topological polar surface area (TPSA) is 113 Å². The van der Waals surface area contributed by atoms with Crippen molar-refractivity contribution in [3.8, 4) is 5.75 Å². The Morgan fingerprint density at radius 2 is 1.89 bits per heavy atom. The van der Waals surface area contributed by atoms with Crippen LogP contribution in [0, 0.1) is 0 Å². The van der Waals surface area contributed by atoms with E-state index in [0.717, 1.165) is 28.6 Å².